The topological polar surface area (TPSA) is 103 Å². The minimum absolute atomic E-state index is 0.0473. The van der Waals surface area contributed by atoms with Gasteiger partial charge in [-0.1, -0.05) is 0 Å². The number of aromatic nitrogens is 3. The average Bonchev–Trinajstić information content (AvgIpc) is 3.16. The number of ether oxygens (including phenoxy) is 1. The van der Waals surface area contributed by atoms with Gasteiger partial charge in [-0.25, -0.2) is 18.9 Å². The molecule has 1 aromatic carbocycles. The van der Waals surface area contributed by atoms with Crippen molar-refractivity contribution in [1.82, 2.24) is 14.8 Å². The fourth-order valence-corrected chi connectivity index (χ4v) is 3.14. The predicted octanol–water partition coefficient (Wildman–Crippen LogP) is 2.34. The first kappa shape index (κ1) is 17.8. The highest BCUT2D eigenvalue weighted by atomic mass is 19.1. The number of nitrogens with zero attached hydrogens (tertiary/aromatic N) is 5. The number of nitro benzene ring substituents is 1. The van der Waals surface area contributed by atoms with Gasteiger partial charge in [-0.15, -0.1) is 0 Å². The molecule has 0 bridgehead atoms. The molecule has 0 spiro atoms. The van der Waals surface area contributed by atoms with Crippen LogP contribution in [-0.2, 0) is 4.74 Å². The second-order valence-electron chi connectivity index (χ2n) is 5.90. The van der Waals surface area contributed by atoms with Crippen LogP contribution in [0.2, 0.25) is 0 Å². The molecule has 138 valence electrons. The Bertz CT molecular complexity index is 803. The van der Waals surface area contributed by atoms with Crippen LogP contribution in [0.15, 0.2) is 24.8 Å². The standard InChI is InChI=1S/C16H18FN5O4/c1-2-26-16(23)13-7-12(22(24)25)8-14(17)15(13)20-5-3-11(4-6-20)21-10-18-9-19-21/h7-11H,2-6H2,1H3. The summed E-state index contributed by atoms with van der Waals surface area (Å²) >= 11 is 0. The van der Waals surface area contributed by atoms with Crippen molar-refractivity contribution in [3.63, 3.8) is 0 Å². The lowest BCUT2D eigenvalue weighted by atomic mass is 10.0. The normalized spacial score (nSPS) is 15.1. The van der Waals surface area contributed by atoms with E-state index < -0.39 is 22.4 Å². The number of hydrogen-bond donors (Lipinski definition) is 0. The quantitative estimate of drug-likeness (QED) is 0.456. The summed E-state index contributed by atoms with van der Waals surface area (Å²) in [5.74, 6) is -1.58. The SMILES string of the molecule is CCOC(=O)c1cc([N+](=O)[O-])cc(F)c1N1CCC(n2cncn2)CC1. The number of non-ortho nitro benzene ring substituents is 1. The van der Waals surface area contributed by atoms with Gasteiger partial charge in [0.05, 0.1) is 34.9 Å². The molecule has 0 saturated carbocycles. The molecule has 9 nitrogen and oxygen atoms in total. The first-order chi connectivity index (χ1) is 12.5. The van der Waals surface area contributed by atoms with Crippen molar-refractivity contribution in [2.75, 3.05) is 24.6 Å². The Morgan fingerprint density at radius 2 is 2.15 bits per heavy atom. The number of anilines is 1. The van der Waals surface area contributed by atoms with Gasteiger partial charge in [-0.3, -0.25) is 10.1 Å². The van der Waals surface area contributed by atoms with Crippen LogP contribution in [0.5, 0.6) is 0 Å². The Morgan fingerprint density at radius 3 is 2.73 bits per heavy atom. The number of halogens is 1. The molecule has 1 saturated heterocycles. The van der Waals surface area contributed by atoms with Crippen molar-refractivity contribution in [3.05, 3.63) is 46.3 Å². The minimum Gasteiger partial charge on any atom is -0.462 e. The van der Waals surface area contributed by atoms with Gasteiger partial charge < -0.3 is 9.64 Å². The van der Waals surface area contributed by atoms with Gasteiger partial charge in [-0.05, 0) is 19.8 Å². The van der Waals surface area contributed by atoms with Crippen LogP contribution in [0.3, 0.4) is 0 Å². The Hall–Kier alpha value is -3.04. The van der Waals surface area contributed by atoms with Crippen LogP contribution in [0.4, 0.5) is 15.8 Å². The Labute approximate surface area is 148 Å². The highest BCUT2D eigenvalue weighted by Crippen LogP contribution is 2.33. The number of nitro groups is 1. The zero-order valence-electron chi connectivity index (χ0n) is 14.2. The third kappa shape index (κ3) is 3.48. The summed E-state index contributed by atoms with van der Waals surface area (Å²) in [6.45, 7) is 2.67. The molecule has 0 aliphatic carbocycles. The zero-order valence-corrected chi connectivity index (χ0v) is 14.2. The number of rotatable bonds is 5. The molecule has 1 aliphatic heterocycles. The molecular weight excluding hydrogens is 345 g/mol. The van der Waals surface area contributed by atoms with E-state index in [0.717, 1.165) is 12.1 Å². The van der Waals surface area contributed by atoms with Gasteiger partial charge in [0.15, 0.2) is 5.82 Å². The molecule has 2 aromatic rings. The number of piperidine rings is 1. The van der Waals surface area contributed by atoms with Crippen LogP contribution >= 0.6 is 0 Å². The van der Waals surface area contributed by atoms with Crippen LogP contribution in [0.25, 0.3) is 0 Å². The van der Waals surface area contributed by atoms with Crippen LogP contribution in [0, 0.1) is 15.9 Å². The van der Waals surface area contributed by atoms with E-state index in [1.807, 2.05) is 0 Å². The fraction of sp³-hybridized carbons (Fsp3) is 0.438. The molecule has 1 fully saturated rings. The number of hydrogen-bond acceptors (Lipinski definition) is 7. The Kier molecular flexibility index (Phi) is 5.10. The second-order valence-corrected chi connectivity index (χ2v) is 5.90. The lowest BCUT2D eigenvalue weighted by Crippen LogP contribution is -2.36. The second kappa shape index (κ2) is 7.46. The van der Waals surface area contributed by atoms with Gasteiger partial charge in [-0.2, -0.15) is 5.10 Å². The van der Waals surface area contributed by atoms with Crippen molar-refractivity contribution < 1.29 is 18.8 Å². The van der Waals surface area contributed by atoms with Crippen molar-refractivity contribution in [2.24, 2.45) is 0 Å². The molecule has 0 N–H and O–H groups in total. The van der Waals surface area contributed by atoms with E-state index in [2.05, 4.69) is 10.1 Å². The molecule has 0 unspecified atom stereocenters. The van der Waals surface area contributed by atoms with Gasteiger partial charge in [0, 0.05) is 19.2 Å². The molecular formula is C16H18FN5O4. The van der Waals surface area contributed by atoms with E-state index in [0.29, 0.717) is 25.9 Å². The number of benzene rings is 1. The Balaban J connectivity index is 1.89. The van der Waals surface area contributed by atoms with Crippen LogP contribution in [0.1, 0.15) is 36.2 Å². The summed E-state index contributed by atoms with van der Waals surface area (Å²) in [6, 6.07) is 2.04. The number of carbonyl (C=O) groups is 1. The monoisotopic (exact) mass is 363 g/mol. The molecule has 3 rings (SSSR count). The van der Waals surface area contributed by atoms with E-state index in [1.54, 1.807) is 22.8 Å². The van der Waals surface area contributed by atoms with Crippen molar-refractivity contribution in [3.8, 4) is 0 Å². The lowest BCUT2D eigenvalue weighted by molar-refractivity contribution is -0.385. The first-order valence-corrected chi connectivity index (χ1v) is 8.25. The van der Waals surface area contributed by atoms with E-state index >= 15 is 0 Å². The summed E-state index contributed by atoms with van der Waals surface area (Å²) in [4.78, 5) is 28.1. The van der Waals surface area contributed by atoms with Gasteiger partial charge >= 0.3 is 5.97 Å². The van der Waals surface area contributed by atoms with E-state index in [-0.39, 0.29) is 23.9 Å². The molecule has 1 aliphatic rings. The number of esters is 1. The molecule has 0 radical (unpaired) electrons. The highest BCUT2D eigenvalue weighted by Gasteiger charge is 2.29. The molecule has 0 amide bonds. The predicted molar refractivity (Wildman–Crippen MR) is 89.5 cm³/mol. The summed E-state index contributed by atoms with van der Waals surface area (Å²) in [7, 11) is 0. The third-order valence-corrected chi connectivity index (χ3v) is 4.35. The minimum atomic E-state index is -0.804. The smallest absolute Gasteiger partial charge is 0.340 e. The summed E-state index contributed by atoms with van der Waals surface area (Å²) in [6.07, 6.45) is 4.46. The van der Waals surface area contributed by atoms with Crippen molar-refractivity contribution in [1.29, 1.82) is 0 Å². The largest absolute Gasteiger partial charge is 0.462 e. The molecule has 2 heterocycles. The zero-order chi connectivity index (χ0) is 18.7. The summed E-state index contributed by atoms with van der Waals surface area (Å²) in [5.41, 5.74) is -0.560. The van der Waals surface area contributed by atoms with Gasteiger partial charge in [0.25, 0.3) is 5.69 Å². The fourth-order valence-electron chi connectivity index (χ4n) is 3.14. The molecule has 26 heavy (non-hydrogen) atoms. The number of carbonyl (C=O) groups excluding carboxylic acids is 1. The van der Waals surface area contributed by atoms with Crippen LogP contribution in [-0.4, -0.2) is 45.4 Å². The molecule has 0 atom stereocenters. The maximum Gasteiger partial charge on any atom is 0.340 e. The lowest BCUT2D eigenvalue weighted by Gasteiger charge is -2.34. The van der Waals surface area contributed by atoms with E-state index in [1.165, 1.54) is 6.33 Å². The van der Waals surface area contributed by atoms with E-state index in [9.17, 15) is 19.3 Å². The highest BCUT2D eigenvalue weighted by molar-refractivity contribution is 5.97. The van der Waals surface area contributed by atoms with Crippen molar-refractivity contribution >= 4 is 17.3 Å². The molecule has 10 heteroatoms. The molecule has 1 aromatic heterocycles. The van der Waals surface area contributed by atoms with Crippen LogP contribution < -0.4 is 4.90 Å². The van der Waals surface area contributed by atoms with Gasteiger partial charge in [0.1, 0.15) is 12.7 Å². The maximum absolute atomic E-state index is 14.6. The van der Waals surface area contributed by atoms with Gasteiger partial charge in [0.2, 0.25) is 0 Å². The first-order valence-electron chi connectivity index (χ1n) is 8.25. The average molecular weight is 363 g/mol. The maximum atomic E-state index is 14.6. The third-order valence-electron chi connectivity index (χ3n) is 4.35. The Morgan fingerprint density at radius 1 is 1.42 bits per heavy atom. The summed E-state index contributed by atoms with van der Waals surface area (Å²) < 4.78 is 21.4. The van der Waals surface area contributed by atoms with Crippen molar-refractivity contribution in [2.45, 2.75) is 25.8 Å². The van der Waals surface area contributed by atoms with E-state index in [4.69, 9.17) is 4.74 Å². The summed E-state index contributed by atoms with van der Waals surface area (Å²) in [5, 5.41) is 15.1.